The number of nitrogens with one attached hydrogen (secondary N) is 1. The maximum atomic E-state index is 12.4. The fourth-order valence-corrected chi connectivity index (χ4v) is 3.02. The number of benzene rings is 2. The minimum Gasteiger partial charge on any atom is -0.322 e. The predicted octanol–water partition coefficient (Wildman–Crippen LogP) is 4.02. The molecular formula is C20H22N2O2. The average molecular weight is 322 g/mol. The van der Waals surface area contributed by atoms with Crippen molar-refractivity contribution in [3.8, 4) is 0 Å². The molecule has 2 amide bonds. The minimum atomic E-state index is -0.132. The van der Waals surface area contributed by atoms with E-state index in [-0.39, 0.29) is 11.8 Å². The number of anilines is 2. The lowest BCUT2D eigenvalue weighted by molar-refractivity contribution is -0.119. The van der Waals surface area contributed by atoms with Gasteiger partial charge in [-0.2, -0.15) is 0 Å². The summed E-state index contributed by atoms with van der Waals surface area (Å²) in [4.78, 5) is 26.2. The molecule has 0 atom stereocenters. The van der Waals surface area contributed by atoms with Gasteiger partial charge in [-0.25, -0.2) is 0 Å². The Morgan fingerprint density at radius 2 is 1.83 bits per heavy atom. The van der Waals surface area contributed by atoms with E-state index in [0.29, 0.717) is 12.0 Å². The number of nitrogens with zero attached hydrogens (tertiary/aromatic N) is 1. The summed E-state index contributed by atoms with van der Waals surface area (Å²) < 4.78 is 0. The van der Waals surface area contributed by atoms with Gasteiger partial charge in [-0.1, -0.05) is 25.1 Å². The van der Waals surface area contributed by atoms with Crippen molar-refractivity contribution in [2.75, 3.05) is 16.8 Å². The summed E-state index contributed by atoms with van der Waals surface area (Å²) >= 11 is 0. The van der Waals surface area contributed by atoms with E-state index >= 15 is 0 Å². The van der Waals surface area contributed by atoms with Gasteiger partial charge in [0.15, 0.2) is 0 Å². The third kappa shape index (κ3) is 3.48. The Morgan fingerprint density at radius 1 is 1.08 bits per heavy atom. The first-order valence-electron chi connectivity index (χ1n) is 8.48. The van der Waals surface area contributed by atoms with Gasteiger partial charge < -0.3 is 10.2 Å². The molecule has 0 aromatic heterocycles. The van der Waals surface area contributed by atoms with Gasteiger partial charge in [0.1, 0.15) is 0 Å². The number of carbonyl (C=O) groups is 2. The summed E-state index contributed by atoms with van der Waals surface area (Å²) in [7, 11) is 0. The molecule has 0 bridgehead atoms. The third-order valence-electron chi connectivity index (χ3n) is 4.41. The maximum Gasteiger partial charge on any atom is 0.255 e. The number of amides is 2. The van der Waals surface area contributed by atoms with Gasteiger partial charge in [0.05, 0.1) is 0 Å². The first-order chi connectivity index (χ1) is 11.7. The average Bonchev–Trinajstić information content (AvgIpc) is 2.63. The Bertz CT molecular complexity index is 738. The first-order valence-corrected chi connectivity index (χ1v) is 8.48. The fraction of sp³-hybridized carbons (Fsp3) is 0.300. The number of aryl methyl sites for hydroxylation is 1. The van der Waals surface area contributed by atoms with Gasteiger partial charge in [0.2, 0.25) is 5.91 Å². The van der Waals surface area contributed by atoms with Crippen LogP contribution >= 0.6 is 0 Å². The quantitative estimate of drug-likeness (QED) is 0.924. The molecule has 1 aliphatic heterocycles. The van der Waals surface area contributed by atoms with E-state index in [1.165, 1.54) is 0 Å². The van der Waals surface area contributed by atoms with Gasteiger partial charge in [-0.05, 0) is 55.2 Å². The van der Waals surface area contributed by atoms with Crippen LogP contribution in [0.25, 0.3) is 0 Å². The van der Waals surface area contributed by atoms with Crippen molar-refractivity contribution in [3.05, 3.63) is 59.7 Å². The smallest absolute Gasteiger partial charge is 0.255 e. The van der Waals surface area contributed by atoms with E-state index in [1.807, 2.05) is 36.4 Å². The molecule has 1 aliphatic rings. The summed E-state index contributed by atoms with van der Waals surface area (Å²) in [5.41, 5.74) is 3.42. The second-order valence-electron chi connectivity index (χ2n) is 6.01. The highest BCUT2D eigenvalue weighted by Crippen LogP contribution is 2.22. The van der Waals surface area contributed by atoms with Crippen molar-refractivity contribution in [1.82, 2.24) is 0 Å². The molecule has 1 N–H and O–H groups in total. The molecule has 4 nitrogen and oxygen atoms in total. The molecule has 0 saturated carbocycles. The van der Waals surface area contributed by atoms with Crippen LogP contribution in [0, 0.1) is 0 Å². The van der Waals surface area contributed by atoms with Crippen molar-refractivity contribution in [1.29, 1.82) is 0 Å². The summed E-state index contributed by atoms with van der Waals surface area (Å²) in [6.45, 7) is 2.82. The van der Waals surface area contributed by atoms with Crippen LogP contribution in [0.1, 0.15) is 42.1 Å². The normalized spacial score (nSPS) is 14.5. The van der Waals surface area contributed by atoms with Gasteiger partial charge >= 0.3 is 0 Å². The van der Waals surface area contributed by atoms with Crippen LogP contribution in [0.3, 0.4) is 0 Å². The lowest BCUT2D eigenvalue weighted by Gasteiger charge is -2.26. The Labute approximate surface area is 142 Å². The second kappa shape index (κ2) is 7.30. The van der Waals surface area contributed by atoms with Crippen molar-refractivity contribution in [2.24, 2.45) is 0 Å². The van der Waals surface area contributed by atoms with Crippen LogP contribution in [0.4, 0.5) is 11.4 Å². The SMILES string of the molecule is CCc1ccccc1NC(=O)c1ccc(N2CCCCC2=O)cc1. The number of piperidine rings is 1. The number of hydrogen-bond donors (Lipinski definition) is 1. The molecule has 0 aliphatic carbocycles. The van der Waals surface area contributed by atoms with E-state index in [9.17, 15) is 9.59 Å². The van der Waals surface area contributed by atoms with Gasteiger partial charge in [0, 0.05) is 29.9 Å². The van der Waals surface area contributed by atoms with E-state index in [1.54, 1.807) is 17.0 Å². The van der Waals surface area contributed by atoms with Crippen LogP contribution in [-0.4, -0.2) is 18.4 Å². The van der Waals surface area contributed by atoms with E-state index < -0.39 is 0 Å². The van der Waals surface area contributed by atoms with Crippen molar-refractivity contribution in [3.63, 3.8) is 0 Å². The van der Waals surface area contributed by atoms with Crippen LogP contribution in [0.5, 0.6) is 0 Å². The first kappa shape index (κ1) is 16.2. The molecule has 0 spiro atoms. The van der Waals surface area contributed by atoms with Gasteiger partial charge in [-0.15, -0.1) is 0 Å². The fourth-order valence-electron chi connectivity index (χ4n) is 3.02. The molecule has 24 heavy (non-hydrogen) atoms. The highest BCUT2D eigenvalue weighted by molar-refractivity contribution is 6.05. The van der Waals surface area contributed by atoms with Crippen molar-refractivity contribution in [2.45, 2.75) is 32.6 Å². The molecule has 124 valence electrons. The molecule has 0 radical (unpaired) electrons. The van der Waals surface area contributed by atoms with Crippen LogP contribution in [0.2, 0.25) is 0 Å². The Morgan fingerprint density at radius 3 is 2.54 bits per heavy atom. The topological polar surface area (TPSA) is 49.4 Å². The van der Waals surface area contributed by atoms with Crippen LogP contribution in [0.15, 0.2) is 48.5 Å². The Hall–Kier alpha value is -2.62. The standard InChI is InChI=1S/C20H22N2O2/c1-2-15-7-3-4-8-18(15)21-20(24)16-10-12-17(13-11-16)22-14-6-5-9-19(22)23/h3-4,7-8,10-13H,2,5-6,9,14H2,1H3,(H,21,24). The second-order valence-corrected chi connectivity index (χ2v) is 6.01. The third-order valence-corrected chi connectivity index (χ3v) is 4.41. The zero-order chi connectivity index (χ0) is 16.9. The Balaban J connectivity index is 1.73. The highest BCUT2D eigenvalue weighted by Gasteiger charge is 2.19. The van der Waals surface area contributed by atoms with E-state index in [4.69, 9.17) is 0 Å². The molecule has 3 rings (SSSR count). The lowest BCUT2D eigenvalue weighted by atomic mass is 10.1. The van der Waals surface area contributed by atoms with Crippen molar-refractivity contribution >= 4 is 23.2 Å². The highest BCUT2D eigenvalue weighted by atomic mass is 16.2. The zero-order valence-corrected chi connectivity index (χ0v) is 13.9. The summed E-state index contributed by atoms with van der Waals surface area (Å²) in [5.74, 6) is 0.0303. The molecule has 1 saturated heterocycles. The summed E-state index contributed by atoms with van der Waals surface area (Å²) in [5, 5.41) is 2.97. The number of rotatable bonds is 4. The molecule has 0 unspecified atom stereocenters. The minimum absolute atomic E-state index is 0.132. The van der Waals surface area contributed by atoms with Crippen LogP contribution < -0.4 is 10.2 Å². The molecule has 1 fully saturated rings. The molecule has 1 heterocycles. The molecule has 2 aromatic rings. The van der Waals surface area contributed by atoms with Gasteiger partial charge in [-0.3, -0.25) is 9.59 Å². The maximum absolute atomic E-state index is 12.4. The van der Waals surface area contributed by atoms with Gasteiger partial charge in [0.25, 0.3) is 5.91 Å². The van der Waals surface area contributed by atoms with E-state index in [0.717, 1.165) is 42.7 Å². The predicted molar refractivity (Wildman–Crippen MR) is 96.4 cm³/mol. The number of para-hydroxylation sites is 1. The number of hydrogen-bond acceptors (Lipinski definition) is 2. The number of carbonyl (C=O) groups excluding carboxylic acids is 2. The Kier molecular flexibility index (Phi) is 4.94. The summed E-state index contributed by atoms with van der Waals surface area (Å²) in [6, 6.07) is 15.1. The lowest BCUT2D eigenvalue weighted by Crippen LogP contribution is -2.35. The monoisotopic (exact) mass is 322 g/mol. The molecular weight excluding hydrogens is 300 g/mol. The van der Waals surface area contributed by atoms with Crippen LogP contribution in [-0.2, 0) is 11.2 Å². The van der Waals surface area contributed by atoms with E-state index in [2.05, 4.69) is 12.2 Å². The zero-order valence-electron chi connectivity index (χ0n) is 13.9. The summed E-state index contributed by atoms with van der Waals surface area (Å²) in [6.07, 6.45) is 3.47. The molecule has 2 aromatic carbocycles. The molecule has 4 heteroatoms. The largest absolute Gasteiger partial charge is 0.322 e. The van der Waals surface area contributed by atoms with Crippen molar-refractivity contribution < 1.29 is 9.59 Å².